The van der Waals surface area contributed by atoms with E-state index < -0.39 is 6.10 Å². The molecule has 32 heavy (non-hydrogen) atoms. The van der Waals surface area contributed by atoms with Gasteiger partial charge in [0.25, 0.3) is 0 Å². The van der Waals surface area contributed by atoms with Crippen molar-refractivity contribution in [1.29, 1.82) is 0 Å². The highest BCUT2D eigenvalue weighted by atomic mass is 35.5. The molecule has 0 saturated carbocycles. The normalized spacial score (nSPS) is 15.4. The van der Waals surface area contributed by atoms with E-state index in [9.17, 15) is 9.90 Å². The largest absolute Gasteiger partial charge is 0.462 e. The van der Waals surface area contributed by atoms with Gasteiger partial charge in [0.1, 0.15) is 0 Å². The minimum Gasteiger partial charge on any atom is -0.462 e. The van der Waals surface area contributed by atoms with Crippen LogP contribution in [0.4, 0.5) is 5.69 Å². The van der Waals surface area contributed by atoms with E-state index in [1.165, 1.54) is 0 Å². The first-order valence-electron chi connectivity index (χ1n) is 11.1. The van der Waals surface area contributed by atoms with Gasteiger partial charge in [0.05, 0.1) is 18.3 Å². The fraction of sp³-hybridized carbons (Fsp3) is 0.296. The molecule has 1 aliphatic heterocycles. The van der Waals surface area contributed by atoms with Crippen molar-refractivity contribution in [2.75, 3.05) is 24.6 Å². The van der Waals surface area contributed by atoms with E-state index >= 15 is 0 Å². The lowest BCUT2D eigenvalue weighted by atomic mass is 9.84. The molecule has 1 fully saturated rings. The zero-order valence-electron chi connectivity index (χ0n) is 18.2. The highest BCUT2D eigenvalue weighted by Crippen LogP contribution is 2.37. The SMILES string of the molecule is CCOC(=O)c1ccc(N2CCC([C@H](O)c3ccccc3-c3ccc(Cl)cc3)CC2)cc1. The molecular formula is C27H28ClNO3. The number of aliphatic hydroxyl groups excluding tert-OH is 1. The van der Waals surface area contributed by atoms with Crippen LogP contribution in [-0.2, 0) is 4.74 Å². The van der Waals surface area contributed by atoms with E-state index in [1.807, 2.05) is 66.7 Å². The summed E-state index contributed by atoms with van der Waals surface area (Å²) in [4.78, 5) is 14.2. The number of halogens is 1. The Morgan fingerprint density at radius 3 is 2.34 bits per heavy atom. The molecule has 1 heterocycles. The third kappa shape index (κ3) is 4.98. The Morgan fingerprint density at radius 2 is 1.69 bits per heavy atom. The minimum absolute atomic E-state index is 0.193. The topological polar surface area (TPSA) is 49.8 Å². The van der Waals surface area contributed by atoms with Gasteiger partial charge in [-0.3, -0.25) is 0 Å². The lowest BCUT2D eigenvalue weighted by Crippen LogP contribution is -2.35. The molecule has 1 saturated heterocycles. The maximum atomic E-state index is 11.9. The summed E-state index contributed by atoms with van der Waals surface area (Å²) in [6.07, 6.45) is 1.28. The number of ether oxygens (including phenoxy) is 1. The molecule has 4 nitrogen and oxygen atoms in total. The number of benzene rings is 3. The second kappa shape index (κ2) is 10.2. The van der Waals surface area contributed by atoms with Gasteiger partial charge in [0.15, 0.2) is 0 Å². The van der Waals surface area contributed by atoms with E-state index in [0.29, 0.717) is 17.2 Å². The van der Waals surface area contributed by atoms with E-state index in [-0.39, 0.29) is 11.9 Å². The molecule has 3 aromatic rings. The second-order valence-corrected chi connectivity index (χ2v) is 8.57. The molecule has 0 spiro atoms. The molecule has 166 valence electrons. The third-order valence-corrected chi connectivity index (χ3v) is 6.42. The van der Waals surface area contributed by atoms with Crippen molar-refractivity contribution in [1.82, 2.24) is 0 Å². The highest BCUT2D eigenvalue weighted by molar-refractivity contribution is 6.30. The van der Waals surface area contributed by atoms with Crippen LogP contribution in [0.2, 0.25) is 5.02 Å². The van der Waals surface area contributed by atoms with Gasteiger partial charge in [-0.15, -0.1) is 0 Å². The van der Waals surface area contributed by atoms with Crippen LogP contribution in [0, 0.1) is 5.92 Å². The van der Waals surface area contributed by atoms with E-state index in [2.05, 4.69) is 11.0 Å². The first kappa shape index (κ1) is 22.4. The van der Waals surface area contributed by atoms with Crippen molar-refractivity contribution < 1.29 is 14.6 Å². The molecule has 5 heteroatoms. The standard InChI is InChI=1S/C27H28ClNO3/c1-2-32-27(31)21-9-13-23(14-10-21)29-17-15-20(16-18-29)26(30)25-6-4-3-5-24(25)19-7-11-22(28)12-8-19/h3-14,20,26,30H,2,15-18H2,1H3/t26-/m0/s1. The summed E-state index contributed by atoms with van der Waals surface area (Å²) in [5, 5.41) is 12.0. The minimum atomic E-state index is -0.518. The summed E-state index contributed by atoms with van der Waals surface area (Å²) < 4.78 is 5.06. The van der Waals surface area contributed by atoms with Crippen LogP contribution in [0.5, 0.6) is 0 Å². The van der Waals surface area contributed by atoms with Crippen LogP contribution in [-0.4, -0.2) is 30.8 Å². The number of hydrogen-bond acceptors (Lipinski definition) is 4. The third-order valence-electron chi connectivity index (χ3n) is 6.16. The number of hydrogen-bond donors (Lipinski definition) is 1. The second-order valence-electron chi connectivity index (χ2n) is 8.13. The highest BCUT2D eigenvalue weighted by Gasteiger charge is 2.28. The lowest BCUT2D eigenvalue weighted by Gasteiger charge is -2.36. The number of carbonyl (C=O) groups is 1. The van der Waals surface area contributed by atoms with Crippen molar-refractivity contribution in [2.45, 2.75) is 25.9 Å². The quantitative estimate of drug-likeness (QED) is 0.459. The average Bonchev–Trinajstić information content (AvgIpc) is 2.84. The predicted molar refractivity (Wildman–Crippen MR) is 129 cm³/mol. The van der Waals surface area contributed by atoms with Gasteiger partial charge in [-0.2, -0.15) is 0 Å². The monoisotopic (exact) mass is 449 g/mol. The van der Waals surface area contributed by atoms with Gasteiger partial charge in [-0.05, 0) is 78.8 Å². The zero-order chi connectivity index (χ0) is 22.5. The molecule has 3 aromatic carbocycles. The van der Waals surface area contributed by atoms with Crippen molar-refractivity contribution in [3.63, 3.8) is 0 Å². The number of anilines is 1. The zero-order valence-corrected chi connectivity index (χ0v) is 19.0. The van der Waals surface area contributed by atoms with Crippen LogP contribution in [0.25, 0.3) is 11.1 Å². The van der Waals surface area contributed by atoms with Crippen molar-refractivity contribution in [2.24, 2.45) is 5.92 Å². The van der Waals surface area contributed by atoms with Gasteiger partial charge in [0, 0.05) is 23.8 Å². The Labute approximate surface area is 194 Å². The van der Waals surface area contributed by atoms with Crippen LogP contribution >= 0.6 is 11.6 Å². The van der Waals surface area contributed by atoms with Gasteiger partial charge < -0.3 is 14.7 Å². The summed E-state index contributed by atoms with van der Waals surface area (Å²) in [6.45, 7) is 3.91. The van der Waals surface area contributed by atoms with Gasteiger partial charge in [-0.25, -0.2) is 4.79 Å². The Kier molecular flexibility index (Phi) is 7.13. The van der Waals surface area contributed by atoms with Crippen LogP contribution in [0.3, 0.4) is 0 Å². The van der Waals surface area contributed by atoms with Crippen LogP contribution in [0.15, 0.2) is 72.8 Å². The smallest absolute Gasteiger partial charge is 0.338 e. The fourth-order valence-electron chi connectivity index (χ4n) is 4.40. The Hall–Kier alpha value is -2.82. The first-order valence-corrected chi connectivity index (χ1v) is 11.5. The molecule has 1 atom stereocenters. The molecule has 0 bridgehead atoms. The van der Waals surface area contributed by atoms with Crippen LogP contribution in [0.1, 0.15) is 41.8 Å². The molecule has 0 amide bonds. The van der Waals surface area contributed by atoms with Crippen LogP contribution < -0.4 is 4.90 Å². The summed E-state index contributed by atoms with van der Waals surface area (Å²) in [6, 6.07) is 23.4. The fourth-order valence-corrected chi connectivity index (χ4v) is 4.52. The molecular weight excluding hydrogens is 422 g/mol. The number of carbonyl (C=O) groups excluding carboxylic acids is 1. The van der Waals surface area contributed by atoms with Gasteiger partial charge >= 0.3 is 5.97 Å². The molecule has 0 aromatic heterocycles. The molecule has 0 aliphatic carbocycles. The summed E-state index contributed by atoms with van der Waals surface area (Å²) in [7, 11) is 0. The van der Waals surface area contributed by atoms with Gasteiger partial charge in [0.2, 0.25) is 0 Å². The first-order chi connectivity index (χ1) is 15.6. The molecule has 1 aliphatic rings. The van der Waals surface area contributed by atoms with Crippen molar-refractivity contribution in [3.05, 3.63) is 88.9 Å². The predicted octanol–water partition coefficient (Wildman–Crippen LogP) is 6.13. The Bertz CT molecular complexity index is 1040. The maximum Gasteiger partial charge on any atom is 0.338 e. The van der Waals surface area contributed by atoms with E-state index in [0.717, 1.165) is 48.3 Å². The maximum absolute atomic E-state index is 11.9. The number of esters is 1. The number of nitrogens with zero attached hydrogens (tertiary/aromatic N) is 1. The number of rotatable bonds is 6. The van der Waals surface area contributed by atoms with E-state index in [4.69, 9.17) is 16.3 Å². The summed E-state index contributed by atoms with van der Waals surface area (Å²) in [5.74, 6) is -0.0984. The lowest BCUT2D eigenvalue weighted by molar-refractivity contribution is 0.0526. The number of piperidine rings is 1. The Balaban J connectivity index is 1.43. The summed E-state index contributed by atoms with van der Waals surface area (Å²) in [5.41, 5.74) is 4.73. The molecule has 1 N–H and O–H groups in total. The van der Waals surface area contributed by atoms with E-state index in [1.54, 1.807) is 6.92 Å². The number of aliphatic hydroxyl groups is 1. The summed E-state index contributed by atoms with van der Waals surface area (Å²) >= 11 is 6.05. The van der Waals surface area contributed by atoms with Gasteiger partial charge in [-0.1, -0.05) is 48.0 Å². The molecule has 4 rings (SSSR count). The Morgan fingerprint density at radius 1 is 1.03 bits per heavy atom. The average molecular weight is 450 g/mol. The van der Waals surface area contributed by atoms with Crippen molar-refractivity contribution in [3.8, 4) is 11.1 Å². The molecule has 0 radical (unpaired) electrons. The van der Waals surface area contributed by atoms with Crippen molar-refractivity contribution >= 4 is 23.3 Å². The molecule has 0 unspecified atom stereocenters.